The molecule has 4 rings (SSSR count). The largest absolute Gasteiger partial charge is 0.486 e. The molecule has 3 aromatic rings. The predicted molar refractivity (Wildman–Crippen MR) is 106 cm³/mol. The number of aromatic nitrogens is 1. The summed E-state index contributed by atoms with van der Waals surface area (Å²) in [5.74, 6) is 0.734. The topological polar surface area (TPSA) is 79.1 Å². The van der Waals surface area contributed by atoms with Gasteiger partial charge < -0.3 is 18.8 Å². The van der Waals surface area contributed by atoms with Crippen LogP contribution in [0.2, 0.25) is 0 Å². The molecule has 0 unspecified atom stereocenters. The zero-order chi connectivity index (χ0) is 19.5. The highest BCUT2D eigenvalue weighted by molar-refractivity contribution is 7.16. The molecule has 0 aliphatic carbocycles. The second-order valence-electron chi connectivity index (χ2n) is 5.95. The summed E-state index contributed by atoms with van der Waals surface area (Å²) < 4.78 is 19.1. The minimum absolute atomic E-state index is 0.189. The van der Waals surface area contributed by atoms with E-state index >= 15 is 0 Å². The molecule has 0 saturated heterocycles. The molecule has 0 radical (unpaired) electrons. The zero-order valence-electron chi connectivity index (χ0n) is 15.2. The Balaban J connectivity index is 1.78. The molecule has 0 bridgehead atoms. The summed E-state index contributed by atoms with van der Waals surface area (Å²) >= 11 is 2.73. The number of amides is 1. The van der Waals surface area contributed by atoms with Gasteiger partial charge in [0.15, 0.2) is 16.3 Å². The molecule has 1 amide bonds. The first-order valence-corrected chi connectivity index (χ1v) is 10.6. The van der Waals surface area contributed by atoms with Crippen LogP contribution < -0.4 is 14.3 Å². The van der Waals surface area contributed by atoms with Crippen LogP contribution in [0.3, 0.4) is 0 Å². The van der Waals surface area contributed by atoms with E-state index in [0.717, 1.165) is 10.2 Å². The molecule has 0 N–H and O–H groups in total. The highest BCUT2D eigenvalue weighted by Crippen LogP contribution is 2.35. The van der Waals surface area contributed by atoms with Gasteiger partial charge in [-0.15, -0.1) is 11.3 Å². The van der Waals surface area contributed by atoms with Crippen molar-refractivity contribution in [2.24, 2.45) is 4.99 Å². The van der Waals surface area contributed by atoms with Gasteiger partial charge in [0.05, 0.1) is 28.1 Å². The lowest BCUT2D eigenvalue weighted by Gasteiger charge is -2.18. The Kier molecular flexibility index (Phi) is 5.45. The van der Waals surface area contributed by atoms with E-state index in [0.29, 0.717) is 47.5 Å². The first kappa shape index (κ1) is 18.7. The average Bonchev–Trinajstić information content (AvgIpc) is 3.33. The normalized spacial score (nSPS) is 13.7. The van der Waals surface area contributed by atoms with Gasteiger partial charge in [0.2, 0.25) is 0 Å². The van der Waals surface area contributed by atoms with E-state index in [2.05, 4.69) is 4.99 Å². The van der Waals surface area contributed by atoms with Crippen molar-refractivity contribution >= 4 is 44.8 Å². The molecule has 146 valence electrons. The van der Waals surface area contributed by atoms with Crippen molar-refractivity contribution in [1.82, 2.24) is 4.57 Å². The number of thiophene rings is 1. The highest BCUT2D eigenvalue weighted by Gasteiger charge is 2.18. The summed E-state index contributed by atoms with van der Waals surface area (Å²) in [6.07, 6.45) is 0.189. The van der Waals surface area contributed by atoms with Crippen molar-refractivity contribution in [1.29, 1.82) is 0 Å². The summed E-state index contributed by atoms with van der Waals surface area (Å²) in [4.78, 5) is 29.8. The van der Waals surface area contributed by atoms with Gasteiger partial charge in [0.1, 0.15) is 13.2 Å². The van der Waals surface area contributed by atoms with Crippen molar-refractivity contribution < 1.29 is 23.8 Å². The van der Waals surface area contributed by atoms with Crippen molar-refractivity contribution in [3.8, 4) is 11.5 Å². The average molecular weight is 418 g/mol. The third kappa shape index (κ3) is 3.81. The second kappa shape index (κ2) is 8.15. The van der Waals surface area contributed by atoms with Crippen molar-refractivity contribution in [3.05, 3.63) is 39.3 Å². The molecule has 9 heteroatoms. The predicted octanol–water partition coefficient (Wildman–Crippen LogP) is 3.23. The van der Waals surface area contributed by atoms with Crippen molar-refractivity contribution in [2.45, 2.75) is 19.9 Å². The minimum atomic E-state index is -0.302. The molecule has 28 heavy (non-hydrogen) atoms. The van der Waals surface area contributed by atoms with Gasteiger partial charge in [0, 0.05) is 18.7 Å². The molecule has 1 aliphatic rings. The van der Waals surface area contributed by atoms with E-state index in [4.69, 9.17) is 14.2 Å². The lowest BCUT2D eigenvalue weighted by Crippen LogP contribution is -2.20. The van der Waals surface area contributed by atoms with Crippen LogP contribution in [-0.2, 0) is 16.1 Å². The number of fused-ring (bicyclic) bond motifs is 2. The molecule has 3 heterocycles. The van der Waals surface area contributed by atoms with Crippen LogP contribution in [0.15, 0.2) is 34.6 Å². The standard InChI is InChI=1S/C19H18N2O5S2/c1-2-24-17(22)5-6-21-12-10-13-14(26-8-7-25-13)11-16(12)28-19(21)20-18(23)15-4-3-9-27-15/h3-4,9-11H,2,5-8H2,1H3. The molecular weight excluding hydrogens is 400 g/mol. The van der Waals surface area contributed by atoms with Gasteiger partial charge >= 0.3 is 5.97 Å². The quantitative estimate of drug-likeness (QED) is 0.595. The van der Waals surface area contributed by atoms with Gasteiger partial charge in [-0.2, -0.15) is 4.99 Å². The molecule has 2 aromatic heterocycles. The number of ether oxygens (including phenoxy) is 3. The number of thiazole rings is 1. The van der Waals surface area contributed by atoms with Crippen LogP contribution in [0, 0.1) is 0 Å². The van der Waals surface area contributed by atoms with E-state index in [-0.39, 0.29) is 18.3 Å². The Hall–Kier alpha value is -2.65. The van der Waals surface area contributed by atoms with Gasteiger partial charge in [-0.3, -0.25) is 9.59 Å². The molecule has 0 atom stereocenters. The maximum absolute atomic E-state index is 12.5. The maximum atomic E-state index is 12.5. The lowest BCUT2D eigenvalue weighted by molar-refractivity contribution is -0.143. The van der Waals surface area contributed by atoms with Crippen molar-refractivity contribution in [3.63, 3.8) is 0 Å². The van der Waals surface area contributed by atoms with Crippen LogP contribution in [0.4, 0.5) is 0 Å². The van der Waals surface area contributed by atoms with E-state index in [9.17, 15) is 9.59 Å². The van der Waals surface area contributed by atoms with E-state index in [1.165, 1.54) is 22.7 Å². The van der Waals surface area contributed by atoms with E-state index in [1.54, 1.807) is 13.0 Å². The number of aryl methyl sites for hydroxylation is 1. The number of nitrogens with zero attached hydrogens (tertiary/aromatic N) is 2. The van der Waals surface area contributed by atoms with Gasteiger partial charge in [-0.1, -0.05) is 17.4 Å². The molecule has 0 fully saturated rings. The lowest BCUT2D eigenvalue weighted by atomic mass is 10.2. The summed E-state index contributed by atoms with van der Waals surface area (Å²) in [6, 6.07) is 7.33. The molecular formula is C19H18N2O5S2. The summed E-state index contributed by atoms with van der Waals surface area (Å²) in [6.45, 7) is 3.45. The first-order chi connectivity index (χ1) is 13.7. The monoisotopic (exact) mass is 418 g/mol. The molecule has 7 nitrogen and oxygen atoms in total. The van der Waals surface area contributed by atoms with Crippen LogP contribution in [-0.4, -0.2) is 36.3 Å². The third-order valence-corrected chi connectivity index (χ3v) is 6.02. The summed E-state index contributed by atoms with van der Waals surface area (Å²) in [5, 5.41) is 1.84. The molecule has 1 aliphatic heterocycles. The number of benzene rings is 1. The van der Waals surface area contributed by atoms with Crippen LogP contribution in [0.5, 0.6) is 11.5 Å². The maximum Gasteiger partial charge on any atom is 0.307 e. The molecule has 0 saturated carbocycles. The van der Waals surface area contributed by atoms with Gasteiger partial charge in [-0.05, 0) is 18.4 Å². The van der Waals surface area contributed by atoms with Gasteiger partial charge in [-0.25, -0.2) is 0 Å². The fourth-order valence-corrected chi connectivity index (χ4v) is 4.56. The SMILES string of the molecule is CCOC(=O)CCn1c(=NC(=O)c2cccs2)sc2cc3c(cc21)OCCO3. The molecule has 0 spiro atoms. The van der Waals surface area contributed by atoms with E-state index < -0.39 is 0 Å². The summed E-state index contributed by atoms with van der Waals surface area (Å²) in [7, 11) is 0. The zero-order valence-corrected chi connectivity index (χ0v) is 16.8. The van der Waals surface area contributed by atoms with Crippen molar-refractivity contribution in [2.75, 3.05) is 19.8 Å². The highest BCUT2D eigenvalue weighted by atomic mass is 32.1. The van der Waals surface area contributed by atoms with Crippen LogP contribution in [0.1, 0.15) is 23.0 Å². The number of carbonyl (C=O) groups is 2. The second-order valence-corrected chi connectivity index (χ2v) is 7.91. The molecule has 1 aromatic carbocycles. The summed E-state index contributed by atoms with van der Waals surface area (Å²) in [5.41, 5.74) is 0.844. The Labute approximate surface area is 168 Å². The van der Waals surface area contributed by atoms with Gasteiger partial charge in [0.25, 0.3) is 5.91 Å². The number of hydrogen-bond donors (Lipinski definition) is 0. The van der Waals surface area contributed by atoms with Crippen LogP contribution in [0.25, 0.3) is 10.2 Å². The Morgan fingerprint density at radius 2 is 2.04 bits per heavy atom. The fraction of sp³-hybridized carbons (Fsp3) is 0.316. The Bertz CT molecular complexity index is 1080. The Morgan fingerprint density at radius 1 is 1.25 bits per heavy atom. The van der Waals surface area contributed by atoms with Crippen LogP contribution >= 0.6 is 22.7 Å². The fourth-order valence-electron chi connectivity index (χ4n) is 2.89. The number of carbonyl (C=O) groups excluding carboxylic acids is 2. The number of hydrogen-bond acceptors (Lipinski definition) is 7. The number of esters is 1. The van der Waals surface area contributed by atoms with E-state index in [1.807, 2.05) is 28.1 Å². The smallest absolute Gasteiger partial charge is 0.307 e. The number of rotatable bonds is 5. The first-order valence-electron chi connectivity index (χ1n) is 8.87. The minimum Gasteiger partial charge on any atom is -0.486 e. The Morgan fingerprint density at radius 3 is 2.75 bits per heavy atom. The third-order valence-electron chi connectivity index (χ3n) is 4.12.